The molecule has 0 atom stereocenters. The predicted octanol–water partition coefficient (Wildman–Crippen LogP) is 3.49. The van der Waals surface area contributed by atoms with Gasteiger partial charge in [-0.1, -0.05) is 13.3 Å². The van der Waals surface area contributed by atoms with Gasteiger partial charge in [-0.25, -0.2) is 0 Å². The fourth-order valence-corrected chi connectivity index (χ4v) is 2.99. The molecule has 0 aliphatic carbocycles. The van der Waals surface area contributed by atoms with Gasteiger partial charge in [0.1, 0.15) is 29.6 Å². The van der Waals surface area contributed by atoms with Crippen LogP contribution in [-0.4, -0.2) is 68.7 Å². The number of benzene rings is 2. The highest BCUT2D eigenvalue weighted by atomic mass is 16.6. The maximum atomic E-state index is 9.98. The lowest BCUT2D eigenvalue weighted by Gasteiger charge is -2.19. The van der Waals surface area contributed by atoms with Gasteiger partial charge in [0, 0.05) is 13.2 Å². The van der Waals surface area contributed by atoms with Crippen LogP contribution in [0.1, 0.15) is 25.3 Å². The first-order chi connectivity index (χ1) is 15.6. The lowest BCUT2D eigenvalue weighted by atomic mass is 10.0. The van der Waals surface area contributed by atoms with Crippen LogP contribution in [0.4, 0.5) is 0 Å². The lowest BCUT2D eigenvalue weighted by molar-refractivity contribution is 0.0180. The molecule has 2 aromatic carbocycles. The van der Waals surface area contributed by atoms with Gasteiger partial charge < -0.3 is 39.0 Å². The summed E-state index contributed by atoms with van der Waals surface area (Å²) >= 11 is 0. The van der Waals surface area contributed by atoms with E-state index in [2.05, 4.69) is 6.92 Å². The fraction of sp³-hybridized carbons (Fsp3) is 0.500. The average Bonchev–Trinajstić information content (AvgIpc) is 2.77. The van der Waals surface area contributed by atoms with Crippen molar-refractivity contribution < 1.29 is 39.0 Å². The predicted molar refractivity (Wildman–Crippen MR) is 121 cm³/mol. The number of unbranched alkanes of at least 4 members (excludes halogenated alkanes) is 1. The zero-order chi connectivity index (χ0) is 23.2. The summed E-state index contributed by atoms with van der Waals surface area (Å²) in [5.74, 6) is 0.826. The normalized spacial score (nSPS) is 11.0. The van der Waals surface area contributed by atoms with Gasteiger partial charge in [-0.3, -0.25) is 0 Å². The van der Waals surface area contributed by atoms with Gasteiger partial charge in [-0.15, -0.1) is 0 Å². The molecule has 0 heterocycles. The molecule has 0 saturated heterocycles. The number of aromatic hydroxyl groups is 2. The molecule has 8 nitrogen and oxygen atoms in total. The minimum atomic E-state index is -0.179. The second-order valence-corrected chi connectivity index (χ2v) is 7.13. The molecule has 0 amide bonds. The smallest absolute Gasteiger partial charge is 0.131 e. The van der Waals surface area contributed by atoms with Crippen molar-refractivity contribution in [1.82, 2.24) is 0 Å². The Morgan fingerprint density at radius 1 is 0.719 bits per heavy atom. The lowest BCUT2D eigenvalue weighted by Crippen LogP contribution is -2.13. The third-order valence-corrected chi connectivity index (χ3v) is 4.54. The first-order valence-corrected chi connectivity index (χ1v) is 10.8. The van der Waals surface area contributed by atoms with E-state index < -0.39 is 0 Å². The average molecular weight is 451 g/mol. The van der Waals surface area contributed by atoms with E-state index in [1.165, 1.54) is 18.2 Å². The first kappa shape index (κ1) is 25.7. The van der Waals surface area contributed by atoms with Crippen LogP contribution in [0.5, 0.6) is 23.0 Å². The van der Waals surface area contributed by atoms with Crippen LogP contribution in [0.3, 0.4) is 0 Å². The summed E-state index contributed by atoms with van der Waals surface area (Å²) in [7, 11) is 1.62. The van der Waals surface area contributed by atoms with E-state index in [9.17, 15) is 15.3 Å². The number of rotatable bonds is 16. The number of ether oxygens (including phenoxy) is 5. The highest BCUT2D eigenvalue weighted by Crippen LogP contribution is 2.42. The Morgan fingerprint density at radius 2 is 1.28 bits per heavy atom. The Labute approximate surface area is 189 Å². The van der Waals surface area contributed by atoms with Crippen LogP contribution >= 0.6 is 0 Å². The van der Waals surface area contributed by atoms with Crippen LogP contribution < -0.4 is 9.47 Å². The molecule has 0 saturated carbocycles. The van der Waals surface area contributed by atoms with Crippen LogP contribution in [0.25, 0.3) is 11.1 Å². The van der Waals surface area contributed by atoms with Gasteiger partial charge in [-0.2, -0.15) is 0 Å². The number of hydrogen-bond donors (Lipinski definition) is 3. The molecule has 0 fully saturated rings. The Morgan fingerprint density at radius 3 is 1.84 bits per heavy atom. The second-order valence-electron chi connectivity index (χ2n) is 7.13. The second kappa shape index (κ2) is 14.5. The fourth-order valence-electron chi connectivity index (χ4n) is 2.99. The highest BCUT2D eigenvalue weighted by molar-refractivity contribution is 5.79. The van der Waals surface area contributed by atoms with E-state index in [1.807, 2.05) is 0 Å². The number of aliphatic hydroxyl groups excluding tert-OH is 1. The zero-order valence-corrected chi connectivity index (χ0v) is 18.8. The minimum absolute atomic E-state index is 0.0755. The number of phenols is 2. The SMILES string of the molecule is CCCCOc1cc(CO)cc(OCCOCCOCCOC)c1-c1cc(O)cc(O)c1. The molecule has 2 aromatic rings. The summed E-state index contributed by atoms with van der Waals surface area (Å²) in [6.07, 6.45) is 1.84. The van der Waals surface area contributed by atoms with Crippen LogP contribution in [0, 0.1) is 0 Å². The molecule has 0 aromatic heterocycles. The van der Waals surface area contributed by atoms with E-state index >= 15 is 0 Å². The standard InChI is InChI=1S/C24H34O8/c1-3-4-5-31-22-12-18(17-25)13-23(24(22)19-14-20(26)16-21(27)15-19)32-11-10-30-9-8-29-7-6-28-2/h12-16,25-27H,3-11,17H2,1-2H3. The van der Waals surface area contributed by atoms with Crippen molar-refractivity contribution >= 4 is 0 Å². The van der Waals surface area contributed by atoms with E-state index in [0.717, 1.165) is 12.8 Å². The molecule has 0 aliphatic heterocycles. The van der Waals surface area contributed by atoms with Gasteiger partial charge in [0.25, 0.3) is 0 Å². The summed E-state index contributed by atoms with van der Waals surface area (Å²) in [5.41, 5.74) is 1.76. The quantitative estimate of drug-likeness (QED) is 0.334. The number of phenolic OH excluding ortho intramolecular Hbond substituents is 2. The van der Waals surface area contributed by atoms with Crippen molar-refractivity contribution in [3.05, 3.63) is 35.9 Å². The minimum Gasteiger partial charge on any atom is -0.508 e. The van der Waals surface area contributed by atoms with E-state index in [0.29, 0.717) is 67.8 Å². The van der Waals surface area contributed by atoms with Crippen molar-refractivity contribution in [3.8, 4) is 34.1 Å². The molecule has 2 rings (SSSR count). The van der Waals surface area contributed by atoms with E-state index in [-0.39, 0.29) is 24.7 Å². The molecule has 8 heteroatoms. The Bertz CT molecular complexity index is 789. The molecule has 0 bridgehead atoms. The topological polar surface area (TPSA) is 107 Å². The molecule has 3 N–H and O–H groups in total. The maximum absolute atomic E-state index is 9.98. The van der Waals surface area contributed by atoms with E-state index in [4.69, 9.17) is 23.7 Å². The number of hydrogen-bond acceptors (Lipinski definition) is 8. The summed E-state index contributed by atoms with van der Waals surface area (Å²) in [5, 5.41) is 29.7. The molecule has 0 radical (unpaired) electrons. The third kappa shape index (κ3) is 8.55. The van der Waals surface area contributed by atoms with Crippen molar-refractivity contribution in [1.29, 1.82) is 0 Å². The molecule has 178 valence electrons. The van der Waals surface area contributed by atoms with Gasteiger partial charge in [0.2, 0.25) is 0 Å². The van der Waals surface area contributed by atoms with Crippen LogP contribution in [0.15, 0.2) is 30.3 Å². The largest absolute Gasteiger partial charge is 0.508 e. The first-order valence-electron chi connectivity index (χ1n) is 10.8. The summed E-state index contributed by atoms with van der Waals surface area (Å²) in [6, 6.07) is 7.78. The van der Waals surface area contributed by atoms with Gasteiger partial charge in [0.15, 0.2) is 0 Å². The molecular weight excluding hydrogens is 416 g/mol. The van der Waals surface area contributed by atoms with Crippen molar-refractivity contribution in [2.24, 2.45) is 0 Å². The maximum Gasteiger partial charge on any atom is 0.131 e. The summed E-state index contributed by atoms with van der Waals surface area (Å²) in [4.78, 5) is 0. The summed E-state index contributed by atoms with van der Waals surface area (Å²) < 4.78 is 27.7. The zero-order valence-electron chi connectivity index (χ0n) is 18.8. The number of methoxy groups -OCH3 is 1. The molecule has 32 heavy (non-hydrogen) atoms. The molecular formula is C24H34O8. The number of aliphatic hydroxyl groups is 1. The van der Waals surface area contributed by atoms with Crippen molar-refractivity contribution in [3.63, 3.8) is 0 Å². The Hall–Kier alpha value is -2.52. The van der Waals surface area contributed by atoms with Gasteiger partial charge in [-0.05, 0) is 41.8 Å². The van der Waals surface area contributed by atoms with Gasteiger partial charge in [0.05, 0.1) is 51.8 Å². The Balaban J connectivity index is 2.15. The summed E-state index contributed by atoms with van der Waals surface area (Å²) in [6.45, 7) is 4.95. The van der Waals surface area contributed by atoms with Crippen molar-refractivity contribution in [2.45, 2.75) is 26.4 Å². The van der Waals surface area contributed by atoms with Gasteiger partial charge >= 0.3 is 0 Å². The molecule has 0 aliphatic rings. The molecule has 0 spiro atoms. The Kier molecular flexibility index (Phi) is 11.7. The highest BCUT2D eigenvalue weighted by Gasteiger charge is 2.17. The molecule has 0 unspecified atom stereocenters. The monoisotopic (exact) mass is 450 g/mol. The van der Waals surface area contributed by atoms with Crippen molar-refractivity contribution in [2.75, 3.05) is 53.4 Å². The van der Waals surface area contributed by atoms with Crippen LogP contribution in [-0.2, 0) is 20.8 Å². The van der Waals surface area contributed by atoms with Crippen LogP contribution in [0.2, 0.25) is 0 Å². The third-order valence-electron chi connectivity index (χ3n) is 4.54. The van der Waals surface area contributed by atoms with E-state index in [1.54, 1.807) is 19.2 Å².